The molecule has 8 nitrogen and oxygen atoms in total. The van der Waals surface area contributed by atoms with Crippen molar-refractivity contribution in [2.24, 2.45) is 0 Å². The third-order valence-electron chi connectivity index (χ3n) is 5.71. The number of piperazine rings is 1. The number of nitrogens with zero attached hydrogens (tertiary/aromatic N) is 5. The highest BCUT2D eigenvalue weighted by atomic mass is 19.1. The van der Waals surface area contributed by atoms with Crippen molar-refractivity contribution in [3.8, 4) is 0 Å². The first-order chi connectivity index (χ1) is 16.2. The van der Waals surface area contributed by atoms with Gasteiger partial charge in [0.25, 0.3) is 0 Å². The van der Waals surface area contributed by atoms with Crippen LogP contribution in [0.4, 0.5) is 15.9 Å². The number of hydrogen-bond donors (Lipinski definition) is 1. The Morgan fingerprint density at radius 3 is 2.33 bits per heavy atom. The van der Waals surface area contributed by atoms with Crippen molar-refractivity contribution in [3.63, 3.8) is 0 Å². The van der Waals surface area contributed by atoms with E-state index in [1.54, 1.807) is 18.5 Å². The summed E-state index contributed by atoms with van der Waals surface area (Å²) in [6.07, 6.45) is 7.40. The van der Waals surface area contributed by atoms with Gasteiger partial charge in [0.2, 0.25) is 0 Å². The van der Waals surface area contributed by atoms with Crippen molar-refractivity contribution in [2.45, 2.75) is 32.7 Å². The van der Waals surface area contributed by atoms with Crippen LogP contribution in [-0.4, -0.2) is 59.2 Å². The number of benzene rings is 1. The molecule has 1 saturated heterocycles. The first-order valence-corrected chi connectivity index (χ1v) is 11.2. The van der Waals surface area contributed by atoms with Crippen LogP contribution in [0.1, 0.15) is 43.1 Å². The normalized spacial score (nSPS) is 15.3. The molecular weight excluding hydrogens is 425 g/mol. The predicted molar refractivity (Wildman–Crippen MR) is 128 cm³/mol. The van der Waals surface area contributed by atoms with E-state index in [0.29, 0.717) is 43.7 Å². The molecule has 0 radical (unpaired) electrons. The molecule has 1 aromatic carbocycles. The number of pyridine rings is 1. The van der Waals surface area contributed by atoms with Crippen LogP contribution in [-0.2, 0) is 0 Å². The summed E-state index contributed by atoms with van der Waals surface area (Å²) in [7, 11) is 1.00. The minimum Gasteiger partial charge on any atom is -0.400 e. The fourth-order valence-corrected chi connectivity index (χ4v) is 4.01. The SMILES string of the molecule is CC.CO.O=Cc1cn(C2CC2)c2cc(N3CCN(c4ccncn4)CC3)c(F)cc2c1=O. The van der Waals surface area contributed by atoms with Crippen LogP contribution in [0.5, 0.6) is 0 Å². The van der Waals surface area contributed by atoms with Gasteiger partial charge in [0.1, 0.15) is 18.0 Å². The Kier molecular flexibility index (Phi) is 8.11. The number of carbonyl (C=O) groups excluding carboxylic acids is 1. The third kappa shape index (κ3) is 5.03. The number of rotatable bonds is 4. The summed E-state index contributed by atoms with van der Waals surface area (Å²) >= 11 is 0. The summed E-state index contributed by atoms with van der Waals surface area (Å²) in [5.74, 6) is 0.429. The number of aliphatic hydroxyl groups excluding tert-OH is 1. The number of aldehydes is 1. The number of carbonyl (C=O) groups is 1. The Morgan fingerprint density at radius 1 is 1.09 bits per heavy atom. The molecule has 5 rings (SSSR count). The van der Waals surface area contributed by atoms with Crippen LogP contribution >= 0.6 is 0 Å². The Morgan fingerprint density at radius 2 is 1.76 bits per heavy atom. The first kappa shape index (κ1) is 24.3. The van der Waals surface area contributed by atoms with E-state index in [1.165, 1.54) is 12.4 Å². The highest BCUT2D eigenvalue weighted by Gasteiger charge is 2.27. The van der Waals surface area contributed by atoms with E-state index >= 15 is 0 Å². The number of anilines is 2. The maximum Gasteiger partial charge on any atom is 0.199 e. The quantitative estimate of drug-likeness (QED) is 0.605. The molecule has 1 aliphatic carbocycles. The second-order valence-electron chi connectivity index (χ2n) is 7.53. The van der Waals surface area contributed by atoms with Gasteiger partial charge < -0.3 is 19.5 Å². The van der Waals surface area contributed by atoms with Gasteiger partial charge in [-0.15, -0.1) is 0 Å². The van der Waals surface area contributed by atoms with E-state index in [9.17, 15) is 14.0 Å². The average Bonchev–Trinajstić information content (AvgIpc) is 3.73. The van der Waals surface area contributed by atoms with Crippen LogP contribution in [0.2, 0.25) is 0 Å². The maximum absolute atomic E-state index is 15.0. The molecule has 0 atom stereocenters. The van der Waals surface area contributed by atoms with Gasteiger partial charge in [0, 0.05) is 57.1 Å². The monoisotopic (exact) mass is 455 g/mol. The van der Waals surface area contributed by atoms with Crippen molar-refractivity contribution in [1.29, 1.82) is 0 Å². The van der Waals surface area contributed by atoms with Crippen LogP contribution in [0, 0.1) is 5.82 Å². The van der Waals surface area contributed by atoms with Crippen molar-refractivity contribution >= 4 is 28.7 Å². The second kappa shape index (κ2) is 11.0. The van der Waals surface area contributed by atoms with Gasteiger partial charge in [-0.05, 0) is 31.0 Å². The summed E-state index contributed by atoms with van der Waals surface area (Å²) in [6, 6.07) is 5.19. The lowest BCUT2D eigenvalue weighted by atomic mass is 10.1. The maximum atomic E-state index is 15.0. The Balaban J connectivity index is 0.000000728. The third-order valence-corrected chi connectivity index (χ3v) is 5.71. The fraction of sp³-hybridized carbons (Fsp3) is 0.417. The van der Waals surface area contributed by atoms with Crippen LogP contribution in [0.25, 0.3) is 10.9 Å². The summed E-state index contributed by atoms with van der Waals surface area (Å²) in [4.78, 5) is 36.2. The lowest BCUT2D eigenvalue weighted by Crippen LogP contribution is -2.47. The summed E-state index contributed by atoms with van der Waals surface area (Å²) in [6.45, 7) is 6.72. The molecule has 0 unspecified atom stereocenters. The molecule has 33 heavy (non-hydrogen) atoms. The number of fused-ring (bicyclic) bond motifs is 1. The van der Waals surface area contributed by atoms with Gasteiger partial charge in [-0.3, -0.25) is 9.59 Å². The zero-order valence-corrected chi connectivity index (χ0v) is 19.2. The molecule has 3 aromatic rings. The van der Waals surface area contributed by atoms with Gasteiger partial charge in [0.15, 0.2) is 11.7 Å². The van der Waals surface area contributed by atoms with Gasteiger partial charge in [0.05, 0.1) is 16.8 Å². The Bertz CT molecular complexity index is 1140. The first-order valence-electron chi connectivity index (χ1n) is 11.2. The van der Waals surface area contributed by atoms with Crippen LogP contribution < -0.4 is 15.2 Å². The van der Waals surface area contributed by atoms with Crippen molar-refractivity contribution < 1.29 is 14.3 Å². The molecule has 9 heteroatoms. The van der Waals surface area contributed by atoms with Gasteiger partial charge in [-0.2, -0.15) is 0 Å². The molecule has 3 heterocycles. The zero-order valence-electron chi connectivity index (χ0n) is 19.2. The Labute approximate surface area is 192 Å². The topological polar surface area (TPSA) is 91.6 Å². The largest absolute Gasteiger partial charge is 0.400 e. The number of halogens is 1. The highest BCUT2D eigenvalue weighted by Crippen LogP contribution is 2.38. The van der Waals surface area contributed by atoms with E-state index in [0.717, 1.165) is 25.8 Å². The molecule has 176 valence electrons. The highest BCUT2D eigenvalue weighted by molar-refractivity contribution is 5.88. The molecule has 1 N–H and O–H groups in total. The number of hydrogen-bond acceptors (Lipinski definition) is 7. The minimum absolute atomic E-state index is 0.0787. The molecule has 1 aliphatic heterocycles. The lowest BCUT2D eigenvalue weighted by Gasteiger charge is -2.36. The molecule has 0 amide bonds. The van der Waals surface area contributed by atoms with Gasteiger partial charge in [-0.1, -0.05) is 13.8 Å². The smallest absolute Gasteiger partial charge is 0.199 e. The molecular formula is C24H30FN5O3. The van der Waals surface area contributed by atoms with Crippen molar-refractivity contribution in [2.75, 3.05) is 43.1 Å². The van der Waals surface area contributed by atoms with E-state index < -0.39 is 11.2 Å². The lowest BCUT2D eigenvalue weighted by molar-refractivity contribution is 0.112. The van der Waals surface area contributed by atoms with Crippen LogP contribution in [0.15, 0.2) is 41.7 Å². The van der Waals surface area contributed by atoms with E-state index in [2.05, 4.69) is 14.9 Å². The Hall–Kier alpha value is -3.33. The zero-order chi connectivity index (χ0) is 24.0. The molecule has 2 fully saturated rings. The van der Waals surface area contributed by atoms with E-state index in [4.69, 9.17) is 5.11 Å². The van der Waals surface area contributed by atoms with E-state index in [-0.39, 0.29) is 17.0 Å². The molecule has 2 aromatic heterocycles. The van der Waals surface area contributed by atoms with Crippen molar-refractivity contribution in [3.05, 3.63) is 58.5 Å². The van der Waals surface area contributed by atoms with Crippen LogP contribution in [0.3, 0.4) is 0 Å². The van der Waals surface area contributed by atoms with Gasteiger partial charge >= 0.3 is 0 Å². The number of aliphatic hydroxyl groups is 1. The minimum atomic E-state index is -0.435. The number of aromatic nitrogens is 3. The summed E-state index contributed by atoms with van der Waals surface area (Å²) in [5.41, 5.74) is 0.853. The standard InChI is InChI=1S/C21H20FN5O2.C2H6.CH4O/c22-17-9-16-18(27(15-1-2-15)11-14(12-28)21(16)29)10-19(17)25-5-7-26(8-6-25)20-3-4-23-13-24-20;2*1-2/h3-4,9-13,15H,1-2,5-8H2;1-2H3;2H,1H3. The predicted octanol–water partition coefficient (Wildman–Crippen LogP) is 3.04. The fourth-order valence-electron chi connectivity index (χ4n) is 4.01. The summed E-state index contributed by atoms with van der Waals surface area (Å²) < 4.78 is 16.9. The summed E-state index contributed by atoms with van der Waals surface area (Å²) in [5, 5.41) is 7.27. The molecule has 1 saturated carbocycles. The molecule has 2 aliphatic rings. The van der Waals surface area contributed by atoms with Gasteiger partial charge in [-0.25, -0.2) is 14.4 Å². The van der Waals surface area contributed by atoms with E-state index in [1.807, 2.05) is 29.4 Å². The second-order valence-corrected chi connectivity index (χ2v) is 7.53. The molecule has 0 bridgehead atoms. The average molecular weight is 456 g/mol. The van der Waals surface area contributed by atoms with Crippen molar-refractivity contribution in [1.82, 2.24) is 14.5 Å². The molecule has 0 spiro atoms.